The Kier molecular flexibility index (Phi) is 11.0. The Morgan fingerprint density at radius 2 is 1.66 bits per heavy atom. The molecular weight excluding hydrogens is 548 g/mol. The van der Waals surface area contributed by atoms with Crippen LogP contribution in [0.4, 0.5) is 26.3 Å². The number of hydrogen-bond donors (Lipinski definition) is 2. The predicted octanol–water partition coefficient (Wildman–Crippen LogP) is 3.53. The first kappa shape index (κ1) is 31.0. The Labute approximate surface area is 216 Å². The summed E-state index contributed by atoms with van der Waals surface area (Å²) >= 11 is 1.57. The van der Waals surface area contributed by atoms with E-state index in [1.54, 1.807) is 11.3 Å². The number of hydrogen-bond acceptors (Lipinski definition) is 7. The van der Waals surface area contributed by atoms with Gasteiger partial charge in [0.05, 0.1) is 30.0 Å². The van der Waals surface area contributed by atoms with Crippen LogP contribution in [0, 0.1) is 0 Å². The molecule has 38 heavy (non-hydrogen) atoms. The molecule has 16 heteroatoms. The van der Waals surface area contributed by atoms with Crippen LogP contribution >= 0.6 is 11.3 Å². The number of carbonyl (C=O) groups excluding carboxylic acids is 1. The number of halogens is 6. The SMILES string of the molecule is O=C(O)C(F)(F)F.O=C(O)C(F)(F)F.O=C(c1ccsc1)N1CCO[C@H]2CCN(Cc3ccccn3)C[C@@H]21. The third-order valence-corrected chi connectivity index (χ3v) is 5.98. The van der Waals surface area contributed by atoms with Gasteiger partial charge in [0.1, 0.15) is 0 Å². The number of carboxylic acid groups (broad SMARTS) is 2. The van der Waals surface area contributed by atoms with Gasteiger partial charge in [0.2, 0.25) is 0 Å². The first-order chi connectivity index (χ1) is 17.7. The fraction of sp³-hybridized carbons (Fsp3) is 0.455. The number of aromatic nitrogens is 1. The molecule has 210 valence electrons. The van der Waals surface area contributed by atoms with Crippen molar-refractivity contribution in [2.24, 2.45) is 0 Å². The molecule has 2 saturated heterocycles. The molecule has 0 unspecified atom stereocenters. The Balaban J connectivity index is 0.000000301. The van der Waals surface area contributed by atoms with E-state index in [9.17, 15) is 31.1 Å². The number of ether oxygens (including phenoxy) is 1. The maximum absolute atomic E-state index is 12.8. The lowest BCUT2D eigenvalue weighted by atomic mass is 9.98. The molecule has 2 aliphatic heterocycles. The Bertz CT molecular complexity index is 1030. The van der Waals surface area contributed by atoms with Gasteiger partial charge in [0.15, 0.2) is 0 Å². The van der Waals surface area contributed by atoms with Crippen LogP contribution in [0.2, 0.25) is 0 Å². The van der Waals surface area contributed by atoms with E-state index < -0.39 is 24.3 Å². The molecule has 0 spiro atoms. The van der Waals surface area contributed by atoms with Crippen molar-refractivity contribution >= 4 is 29.2 Å². The number of pyridine rings is 1. The van der Waals surface area contributed by atoms with Crippen molar-refractivity contribution in [3.63, 3.8) is 0 Å². The zero-order valence-corrected chi connectivity index (χ0v) is 20.3. The second-order valence-electron chi connectivity index (χ2n) is 7.94. The molecule has 4 rings (SSSR count). The average molecular weight is 571 g/mol. The second kappa shape index (κ2) is 13.5. The largest absolute Gasteiger partial charge is 0.490 e. The van der Waals surface area contributed by atoms with Gasteiger partial charge in [0.25, 0.3) is 5.91 Å². The highest BCUT2D eigenvalue weighted by Gasteiger charge is 2.40. The van der Waals surface area contributed by atoms with Gasteiger partial charge in [-0.05, 0) is 30.0 Å². The van der Waals surface area contributed by atoms with Crippen LogP contribution in [-0.2, 0) is 20.9 Å². The summed E-state index contributed by atoms with van der Waals surface area (Å²) in [5.41, 5.74) is 1.87. The van der Waals surface area contributed by atoms with Crippen molar-refractivity contribution < 1.29 is 55.7 Å². The Morgan fingerprint density at radius 3 is 2.16 bits per heavy atom. The number of amides is 1. The minimum absolute atomic E-state index is 0.128. The monoisotopic (exact) mass is 571 g/mol. The zero-order valence-electron chi connectivity index (χ0n) is 19.5. The number of rotatable bonds is 3. The van der Waals surface area contributed by atoms with Crippen molar-refractivity contribution in [2.75, 3.05) is 26.2 Å². The summed E-state index contributed by atoms with van der Waals surface area (Å²) in [6, 6.07) is 8.05. The van der Waals surface area contributed by atoms with Crippen molar-refractivity contribution in [3.8, 4) is 0 Å². The van der Waals surface area contributed by atoms with Crippen LogP contribution in [0.15, 0.2) is 41.2 Å². The lowest BCUT2D eigenvalue weighted by Crippen LogP contribution is -2.61. The number of morpholine rings is 1. The van der Waals surface area contributed by atoms with E-state index in [4.69, 9.17) is 24.5 Å². The molecule has 2 fully saturated rings. The molecule has 4 heterocycles. The minimum atomic E-state index is -5.08. The number of thiophene rings is 1. The highest BCUT2D eigenvalue weighted by Crippen LogP contribution is 2.26. The van der Waals surface area contributed by atoms with E-state index in [2.05, 4.69) is 16.0 Å². The molecule has 0 saturated carbocycles. The van der Waals surface area contributed by atoms with Crippen molar-refractivity contribution in [2.45, 2.75) is 37.5 Å². The molecule has 0 aliphatic carbocycles. The third-order valence-electron chi connectivity index (χ3n) is 5.29. The van der Waals surface area contributed by atoms with Gasteiger partial charge in [0, 0.05) is 37.8 Å². The van der Waals surface area contributed by atoms with Crippen molar-refractivity contribution in [1.82, 2.24) is 14.8 Å². The van der Waals surface area contributed by atoms with E-state index >= 15 is 0 Å². The molecule has 2 N–H and O–H groups in total. The lowest BCUT2D eigenvalue weighted by Gasteiger charge is -2.47. The maximum atomic E-state index is 12.8. The highest BCUT2D eigenvalue weighted by atomic mass is 32.1. The Hall–Kier alpha value is -3.24. The molecule has 9 nitrogen and oxygen atoms in total. The molecule has 1 amide bonds. The van der Waals surface area contributed by atoms with Crippen LogP contribution in [0.1, 0.15) is 22.5 Å². The Morgan fingerprint density at radius 1 is 1.03 bits per heavy atom. The third kappa shape index (κ3) is 9.57. The molecule has 0 bridgehead atoms. The van der Waals surface area contributed by atoms with Gasteiger partial charge in [-0.15, -0.1) is 0 Å². The van der Waals surface area contributed by atoms with E-state index in [1.165, 1.54) is 0 Å². The molecular formula is C22H23F6N3O6S. The molecule has 2 aromatic heterocycles. The minimum Gasteiger partial charge on any atom is -0.475 e. The van der Waals surface area contributed by atoms with Gasteiger partial charge >= 0.3 is 24.3 Å². The van der Waals surface area contributed by atoms with E-state index in [0.717, 1.165) is 37.3 Å². The standard InChI is InChI=1S/C18H21N3O2S.2C2HF3O2/c22-18(14-5-10-24-13-14)21-8-9-23-17-4-7-20(12-16(17)21)11-15-3-1-2-6-19-15;2*3-2(4,5)1(6)7/h1-3,5-6,10,13,16-17H,4,7-9,11-12H2;2*(H,6,7)/t16-,17-;;/m0../s1. The molecule has 2 atom stereocenters. The van der Waals surface area contributed by atoms with E-state index in [0.29, 0.717) is 13.2 Å². The fourth-order valence-electron chi connectivity index (χ4n) is 3.61. The first-order valence-corrected chi connectivity index (χ1v) is 11.8. The van der Waals surface area contributed by atoms with E-state index in [-0.39, 0.29) is 18.1 Å². The number of piperidine rings is 1. The van der Waals surface area contributed by atoms with Crippen LogP contribution in [-0.4, -0.2) is 93.6 Å². The van der Waals surface area contributed by atoms with Crippen LogP contribution in [0.25, 0.3) is 0 Å². The van der Waals surface area contributed by atoms with Gasteiger partial charge in [-0.2, -0.15) is 37.7 Å². The quantitative estimate of drug-likeness (QED) is 0.538. The summed E-state index contributed by atoms with van der Waals surface area (Å²) in [5, 5.41) is 18.1. The summed E-state index contributed by atoms with van der Waals surface area (Å²) in [4.78, 5) is 39.4. The maximum Gasteiger partial charge on any atom is 0.490 e. The number of carbonyl (C=O) groups is 3. The normalized spacial score (nSPS) is 19.7. The number of alkyl halides is 6. The number of fused-ring (bicyclic) bond motifs is 1. The number of nitrogens with zero attached hydrogens (tertiary/aromatic N) is 3. The first-order valence-electron chi connectivity index (χ1n) is 10.9. The topological polar surface area (TPSA) is 120 Å². The van der Waals surface area contributed by atoms with E-state index in [1.807, 2.05) is 40.1 Å². The van der Waals surface area contributed by atoms with Gasteiger partial charge < -0.3 is 19.8 Å². The van der Waals surface area contributed by atoms with Crippen LogP contribution in [0.5, 0.6) is 0 Å². The number of aliphatic carboxylic acids is 2. The summed E-state index contributed by atoms with van der Waals surface area (Å²) in [6.45, 7) is 3.96. The summed E-state index contributed by atoms with van der Waals surface area (Å²) < 4.78 is 69.4. The summed E-state index contributed by atoms with van der Waals surface area (Å²) in [5.74, 6) is -5.38. The fourth-order valence-corrected chi connectivity index (χ4v) is 4.24. The van der Waals surface area contributed by atoms with Crippen LogP contribution < -0.4 is 0 Å². The second-order valence-corrected chi connectivity index (χ2v) is 8.72. The molecule has 2 aromatic rings. The summed E-state index contributed by atoms with van der Waals surface area (Å²) in [6.07, 6.45) is -7.22. The van der Waals surface area contributed by atoms with Crippen molar-refractivity contribution in [3.05, 3.63) is 52.5 Å². The number of carboxylic acids is 2. The predicted molar refractivity (Wildman–Crippen MR) is 120 cm³/mol. The highest BCUT2D eigenvalue weighted by molar-refractivity contribution is 7.08. The molecule has 2 aliphatic rings. The molecule has 0 radical (unpaired) electrons. The average Bonchev–Trinajstić information content (AvgIpc) is 3.39. The van der Waals surface area contributed by atoms with Crippen LogP contribution in [0.3, 0.4) is 0 Å². The lowest BCUT2D eigenvalue weighted by molar-refractivity contribution is -0.193. The molecule has 0 aromatic carbocycles. The smallest absolute Gasteiger partial charge is 0.475 e. The zero-order chi connectivity index (χ0) is 28.5. The van der Waals surface area contributed by atoms with Gasteiger partial charge in [-0.25, -0.2) is 9.59 Å². The number of likely N-dealkylation sites (tertiary alicyclic amines) is 1. The van der Waals surface area contributed by atoms with Crippen molar-refractivity contribution in [1.29, 1.82) is 0 Å². The summed E-state index contributed by atoms with van der Waals surface area (Å²) in [7, 11) is 0. The van der Waals surface area contributed by atoms with Gasteiger partial charge in [-0.1, -0.05) is 6.07 Å². The van der Waals surface area contributed by atoms with Gasteiger partial charge in [-0.3, -0.25) is 14.7 Å².